The zero-order valence-electron chi connectivity index (χ0n) is 10.2. The van der Waals surface area contributed by atoms with Gasteiger partial charge in [0.2, 0.25) is 0 Å². The lowest BCUT2D eigenvalue weighted by Crippen LogP contribution is -2.40. The summed E-state index contributed by atoms with van der Waals surface area (Å²) in [5, 5.41) is 23.5. The van der Waals surface area contributed by atoms with E-state index in [-0.39, 0.29) is 6.54 Å². The summed E-state index contributed by atoms with van der Waals surface area (Å²) in [6, 6.07) is 0. The molecule has 1 aromatic rings. The topological polar surface area (TPSA) is 124 Å². The van der Waals surface area contributed by atoms with E-state index in [1.165, 1.54) is 20.9 Å². The first-order chi connectivity index (χ1) is 8.05. The lowest BCUT2D eigenvalue weighted by Gasteiger charge is -2.24. The van der Waals surface area contributed by atoms with Gasteiger partial charge < -0.3 is 10.2 Å². The molecule has 0 aliphatic heterocycles. The van der Waals surface area contributed by atoms with Gasteiger partial charge in [-0.1, -0.05) is 0 Å². The summed E-state index contributed by atoms with van der Waals surface area (Å²) in [6.45, 7) is 2.72. The van der Waals surface area contributed by atoms with Crippen molar-refractivity contribution in [3.63, 3.8) is 0 Å². The van der Waals surface area contributed by atoms with Gasteiger partial charge in [-0.25, -0.2) is 13.2 Å². The lowest BCUT2D eigenvalue weighted by molar-refractivity contribution is 0.0639. The number of aromatic amines is 1. The third-order valence-electron chi connectivity index (χ3n) is 2.11. The molecule has 1 heterocycles. The SMILES string of the molecule is CN(CC(C)(C)O)S(=O)(=O)c1[nH]ncc1C(=O)O. The fraction of sp³-hybridized carbons (Fsp3) is 0.556. The molecule has 0 radical (unpaired) electrons. The minimum absolute atomic E-state index is 0.173. The lowest BCUT2D eigenvalue weighted by atomic mass is 10.1. The molecule has 0 atom stereocenters. The van der Waals surface area contributed by atoms with E-state index in [0.717, 1.165) is 10.5 Å². The molecule has 0 aromatic carbocycles. The molecule has 0 aliphatic carbocycles. The molecule has 0 fully saturated rings. The summed E-state index contributed by atoms with van der Waals surface area (Å²) in [7, 11) is -2.78. The smallest absolute Gasteiger partial charge is 0.340 e. The molecule has 18 heavy (non-hydrogen) atoms. The fourth-order valence-corrected chi connectivity index (χ4v) is 2.79. The van der Waals surface area contributed by atoms with E-state index in [1.807, 2.05) is 0 Å². The summed E-state index contributed by atoms with van der Waals surface area (Å²) in [4.78, 5) is 10.8. The van der Waals surface area contributed by atoms with Crippen LogP contribution >= 0.6 is 0 Å². The number of aliphatic hydroxyl groups is 1. The average Bonchev–Trinajstić information content (AvgIpc) is 2.63. The first-order valence-corrected chi connectivity index (χ1v) is 6.45. The summed E-state index contributed by atoms with van der Waals surface area (Å²) in [5.74, 6) is -1.39. The van der Waals surface area contributed by atoms with Crippen molar-refractivity contribution in [2.75, 3.05) is 13.6 Å². The molecule has 102 valence electrons. The van der Waals surface area contributed by atoms with E-state index in [2.05, 4.69) is 10.2 Å². The van der Waals surface area contributed by atoms with E-state index in [0.29, 0.717) is 0 Å². The predicted molar refractivity (Wildman–Crippen MR) is 61.7 cm³/mol. The van der Waals surface area contributed by atoms with Crippen molar-refractivity contribution in [1.29, 1.82) is 0 Å². The number of carbonyl (C=O) groups is 1. The quantitative estimate of drug-likeness (QED) is 0.666. The second-order valence-electron chi connectivity index (χ2n) is 4.49. The van der Waals surface area contributed by atoms with Crippen LogP contribution in [0.25, 0.3) is 0 Å². The van der Waals surface area contributed by atoms with Crippen LogP contribution in [0.15, 0.2) is 11.2 Å². The average molecular weight is 277 g/mol. The van der Waals surface area contributed by atoms with Gasteiger partial charge >= 0.3 is 5.97 Å². The van der Waals surface area contributed by atoms with E-state index in [4.69, 9.17) is 5.11 Å². The number of aromatic carboxylic acids is 1. The van der Waals surface area contributed by atoms with Gasteiger partial charge in [-0.2, -0.15) is 9.40 Å². The van der Waals surface area contributed by atoms with Crippen molar-refractivity contribution < 1.29 is 23.4 Å². The van der Waals surface area contributed by atoms with Crippen molar-refractivity contribution in [2.24, 2.45) is 0 Å². The predicted octanol–water partition coefficient (Wildman–Crippen LogP) is -0.501. The Morgan fingerprint density at radius 3 is 2.56 bits per heavy atom. The van der Waals surface area contributed by atoms with Crippen LogP contribution in [-0.4, -0.2) is 58.3 Å². The van der Waals surface area contributed by atoms with Crippen molar-refractivity contribution >= 4 is 16.0 Å². The Bertz CT molecular complexity index is 543. The maximum absolute atomic E-state index is 12.1. The Balaban J connectivity index is 3.14. The summed E-state index contributed by atoms with van der Waals surface area (Å²) in [5.41, 5.74) is -1.66. The molecule has 1 aromatic heterocycles. The van der Waals surface area contributed by atoms with E-state index < -0.39 is 32.2 Å². The number of hydrogen-bond donors (Lipinski definition) is 3. The van der Waals surface area contributed by atoms with Gasteiger partial charge in [-0.3, -0.25) is 5.10 Å². The molecule has 9 heteroatoms. The number of carboxylic acid groups (broad SMARTS) is 1. The molecule has 8 nitrogen and oxygen atoms in total. The van der Waals surface area contributed by atoms with Crippen molar-refractivity contribution in [1.82, 2.24) is 14.5 Å². The highest BCUT2D eigenvalue weighted by Crippen LogP contribution is 2.18. The Kier molecular flexibility index (Phi) is 3.79. The first-order valence-electron chi connectivity index (χ1n) is 5.01. The summed E-state index contributed by atoms with van der Waals surface area (Å²) >= 11 is 0. The zero-order chi connectivity index (χ0) is 14.1. The van der Waals surface area contributed by atoms with Crippen LogP contribution in [0.1, 0.15) is 24.2 Å². The van der Waals surface area contributed by atoms with Gasteiger partial charge in [0, 0.05) is 13.6 Å². The minimum atomic E-state index is -4.03. The van der Waals surface area contributed by atoms with Crippen molar-refractivity contribution in [2.45, 2.75) is 24.5 Å². The number of sulfonamides is 1. The van der Waals surface area contributed by atoms with Gasteiger partial charge in [-0.15, -0.1) is 0 Å². The molecular formula is C9H15N3O5S. The number of carboxylic acids is 1. The highest BCUT2D eigenvalue weighted by Gasteiger charge is 2.31. The number of hydrogen-bond acceptors (Lipinski definition) is 5. The van der Waals surface area contributed by atoms with Gasteiger partial charge in [0.25, 0.3) is 10.0 Å². The number of rotatable bonds is 5. The monoisotopic (exact) mass is 277 g/mol. The Morgan fingerprint density at radius 2 is 2.11 bits per heavy atom. The fourth-order valence-electron chi connectivity index (χ4n) is 1.41. The highest BCUT2D eigenvalue weighted by molar-refractivity contribution is 7.89. The summed E-state index contributed by atoms with van der Waals surface area (Å²) in [6.07, 6.45) is 0.924. The highest BCUT2D eigenvalue weighted by atomic mass is 32.2. The van der Waals surface area contributed by atoms with Crippen LogP contribution in [-0.2, 0) is 10.0 Å². The van der Waals surface area contributed by atoms with Crippen LogP contribution in [0.4, 0.5) is 0 Å². The van der Waals surface area contributed by atoms with Crippen molar-refractivity contribution in [3.05, 3.63) is 11.8 Å². The Hall–Kier alpha value is -1.45. The largest absolute Gasteiger partial charge is 0.478 e. The Labute approximate surface area is 104 Å². The van der Waals surface area contributed by atoms with Gasteiger partial charge in [0.05, 0.1) is 11.8 Å². The molecule has 0 aliphatic rings. The second-order valence-corrected chi connectivity index (χ2v) is 6.47. The molecule has 0 saturated carbocycles. The molecule has 0 saturated heterocycles. The van der Waals surface area contributed by atoms with Gasteiger partial charge in [-0.05, 0) is 13.8 Å². The van der Waals surface area contributed by atoms with E-state index >= 15 is 0 Å². The minimum Gasteiger partial charge on any atom is -0.478 e. The zero-order valence-corrected chi connectivity index (χ0v) is 11.0. The normalized spacial score (nSPS) is 12.9. The van der Waals surface area contributed by atoms with E-state index in [1.54, 1.807) is 0 Å². The maximum Gasteiger partial charge on any atom is 0.340 e. The van der Waals surface area contributed by atoms with Gasteiger partial charge in [0.15, 0.2) is 5.03 Å². The number of aromatic nitrogens is 2. The number of nitrogens with one attached hydrogen (secondary N) is 1. The number of likely N-dealkylation sites (N-methyl/N-ethyl adjacent to an activating group) is 1. The molecule has 3 N–H and O–H groups in total. The third-order valence-corrected chi connectivity index (χ3v) is 3.89. The molecule has 0 bridgehead atoms. The van der Waals surface area contributed by atoms with Crippen LogP contribution in [0.5, 0.6) is 0 Å². The maximum atomic E-state index is 12.1. The van der Waals surface area contributed by atoms with Crippen LogP contribution in [0.3, 0.4) is 0 Å². The molecule has 0 amide bonds. The number of nitrogens with zero attached hydrogens (tertiary/aromatic N) is 2. The van der Waals surface area contributed by atoms with Crippen LogP contribution in [0, 0.1) is 0 Å². The molecular weight excluding hydrogens is 262 g/mol. The van der Waals surface area contributed by atoms with Crippen LogP contribution < -0.4 is 0 Å². The Morgan fingerprint density at radius 1 is 1.56 bits per heavy atom. The van der Waals surface area contributed by atoms with Crippen molar-refractivity contribution in [3.8, 4) is 0 Å². The summed E-state index contributed by atoms with van der Waals surface area (Å²) < 4.78 is 25.0. The second kappa shape index (κ2) is 4.67. The molecule has 0 spiro atoms. The third kappa shape index (κ3) is 3.06. The standard InChI is InChI=1S/C9H15N3O5S/c1-9(2,15)5-12(3)18(16,17)7-6(8(13)14)4-10-11-7/h4,15H,5H2,1-3H3,(H,10,11)(H,13,14). The molecule has 1 rings (SSSR count). The number of H-pyrrole nitrogens is 1. The van der Waals surface area contributed by atoms with Crippen LogP contribution in [0.2, 0.25) is 0 Å². The van der Waals surface area contributed by atoms with Gasteiger partial charge in [0.1, 0.15) is 5.56 Å². The first kappa shape index (κ1) is 14.6. The molecule has 0 unspecified atom stereocenters. The van der Waals surface area contributed by atoms with E-state index in [9.17, 15) is 18.3 Å².